The van der Waals surface area contributed by atoms with Gasteiger partial charge >= 0.3 is 0 Å². The highest BCUT2D eigenvalue weighted by atomic mass is 15.2. The Morgan fingerprint density at radius 1 is 0.292 bits per heavy atom. The highest BCUT2D eigenvalue weighted by Gasteiger charge is 2.23. The second kappa shape index (κ2) is 84.5. The molecule has 4 aromatic heterocycles. The van der Waals surface area contributed by atoms with Crippen LogP contribution in [0.15, 0.2) is 73.3 Å². The molecule has 20 heteroatoms. The first-order valence-electron chi connectivity index (χ1n) is 36.1. The standard InChI is InChI=1S/2C13H22N4.2C13H16N4.12C2H6.4B/c4*1-9-6-4-5-7-11(9)16-12-10(2)8-15-13(14-3)17-12;12*1-2;;;;/h2*8-9,11H,4-7H2,1-3H3,(H2,14,15,16,17);2*4-8H,1-3H3,(H2,14,15,16,17);12*1-2H3;;;;. The first kappa shape index (κ1) is 117. The van der Waals surface area contributed by atoms with Gasteiger partial charge in [-0.15, -0.1) is 0 Å². The van der Waals surface area contributed by atoms with Crippen molar-refractivity contribution in [2.45, 2.75) is 285 Å². The van der Waals surface area contributed by atoms with Gasteiger partial charge in [0.15, 0.2) is 0 Å². The molecule has 8 N–H and O–H groups in total. The van der Waals surface area contributed by atoms with Crippen LogP contribution < -0.4 is 42.5 Å². The first-order valence-corrected chi connectivity index (χ1v) is 36.1. The zero-order chi connectivity index (χ0) is 73.0. The molecule has 0 spiro atoms. The van der Waals surface area contributed by atoms with E-state index in [1.807, 2.05) is 257 Å². The lowest BCUT2D eigenvalue weighted by molar-refractivity contribution is 0.349. The zero-order valence-corrected chi connectivity index (χ0v) is 68.8. The maximum Gasteiger partial charge on any atom is 0.224 e. The van der Waals surface area contributed by atoms with Gasteiger partial charge in [0.2, 0.25) is 23.8 Å². The molecular weight excluding hydrogens is 1180 g/mol. The highest BCUT2D eigenvalue weighted by molar-refractivity contribution is 5.76. The molecule has 2 fully saturated rings. The summed E-state index contributed by atoms with van der Waals surface area (Å²) in [6.45, 7) is 64.9. The van der Waals surface area contributed by atoms with Crippen molar-refractivity contribution in [2.75, 3.05) is 70.7 Å². The van der Waals surface area contributed by atoms with Gasteiger partial charge < -0.3 is 42.5 Å². The molecule has 4 unspecified atom stereocenters. The third kappa shape index (κ3) is 50.8. The second-order valence-electron chi connectivity index (χ2n) is 17.8. The third-order valence-electron chi connectivity index (χ3n) is 12.4. The number of aryl methyl sites for hydroxylation is 6. The van der Waals surface area contributed by atoms with E-state index in [9.17, 15) is 0 Å². The Balaban J connectivity index is -0.0000000873. The Kier molecular flexibility index (Phi) is 103. The van der Waals surface area contributed by atoms with Gasteiger partial charge in [0.25, 0.3) is 0 Å². The number of hydrogen-bond donors (Lipinski definition) is 8. The Morgan fingerprint density at radius 3 is 0.719 bits per heavy atom. The van der Waals surface area contributed by atoms with E-state index in [2.05, 4.69) is 136 Å². The van der Waals surface area contributed by atoms with Crippen LogP contribution in [0.3, 0.4) is 0 Å². The van der Waals surface area contributed by atoms with Crippen LogP contribution >= 0.6 is 0 Å². The minimum Gasteiger partial charge on any atom is -0.367 e. The number of hydrogen-bond acceptors (Lipinski definition) is 16. The second-order valence-corrected chi connectivity index (χ2v) is 17.8. The first-order chi connectivity index (χ1) is 44.8. The van der Waals surface area contributed by atoms with Crippen molar-refractivity contribution >= 4 is 92.1 Å². The van der Waals surface area contributed by atoms with Gasteiger partial charge in [0, 0.05) is 132 Å². The topological polar surface area (TPSA) is 199 Å². The maximum absolute atomic E-state index is 4.49. The van der Waals surface area contributed by atoms with Crippen molar-refractivity contribution in [3.63, 3.8) is 0 Å². The predicted molar refractivity (Wildman–Crippen MR) is 443 cm³/mol. The quantitative estimate of drug-likeness (QED) is 0.0538. The number of rotatable bonds is 12. The van der Waals surface area contributed by atoms with E-state index in [0.717, 1.165) is 68.7 Å². The minimum absolute atomic E-state index is 0. The van der Waals surface area contributed by atoms with E-state index in [1.165, 1.54) is 62.5 Å². The van der Waals surface area contributed by atoms with Crippen LogP contribution in [0.2, 0.25) is 0 Å². The summed E-state index contributed by atoms with van der Waals surface area (Å²) in [4.78, 5) is 34.5. The van der Waals surface area contributed by atoms with E-state index in [4.69, 9.17) is 0 Å². The molecular formula is C76H148B4N16. The largest absolute Gasteiger partial charge is 0.367 e. The Bertz CT molecular complexity index is 2340. The fourth-order valence-corrected chi connectivity index (χ4v) is 7.89. The summed E-state index contributed by atoms with van der Waals surface area (Å²) in [5, 5.41) is 25.6. The van der Waals surface area contributed by atoms with E-state index >= 15 is 0 Å². The molecule has 0 bridgehead atoms. The van der Waals surface area contributed by atoms with Crippen LogP contribution in [0, 0.1) is 53.4 Å². The van der Waals surface area contributed by atoms with Crippen LogP contribution in [-0.4, -0.2) is 114 Å². The summed E-state index contributed by atoms with van der Waals surface area (Å²) in [5.41, 5.74) is 8.78. The van der Waals surface area contributed by atoms with Crippen LogP contribution in [-0.2, 0) is 0 Å². The van der Waals surface area contributed by atoms with Crippen molar-refractivity contribution in [1.29, 1.82) is 0 Å². The SMILES string of the molecule is CC.CC.CC.CC.CC.CC.CC.CC.CC.CC.CC.CC.CNc1ncc(C)c(NC2CCCCC2C)n1.CNc1ncc(C)c(NC2CCCCC2C)n1.CNc1ncc(C)c(Nc2ccccc2C)n1.CNc1ncc(C)c(Nc2ccccc2C)n1.[B].[B].[B].[B]. The average molecular weight is 1330 g/mol. The van der Waals surface area contributed by atoms with Gasteiger partial charge in [-0.3, -0.25) is 0 Å². The molecule has 544 valence electrons. The average Bonchev–Trinajstić information content (AvgIpc) is 0.947. The van der Waals surface area contributed by atoms with Crippen LogP contribution in [0.5, 0.6) is 0 Å². The molecule has 96 heavy (non-hydrogen) atoms. The number of para-hydroxylation sites is 2. The molecule has 0 aliphatic heterocycles. The Morgan fingerprint density at radius 2 is 0.500 bits per heavy atom. The summed E-state index contributed by atoms with van der Waals surface area (Å²) in [6, 6.07) is 17.4. The van der Waals surface area contributed by atoms with Crippen molar-refractivity contribution in [1.82, 2.24) is 39.9 Å². The lowest BCUT2D eigenvalue weighted by Gasteiger charge is -2.30. The maximum atomic E-state index is 4.49. The zero-order valence-electron chi connectivity index (χ0n) is 68.8. The van der Waals surface area contributed by atoms with Crippen LogP contribution in [0.1, 0.15) is 265 Å². The summed E-state index contributed by atoms with van der Waals surface area (Å²) in [6.07, 6.45) is 17.9. The molecule has 4 atom stereocenters. The molecule has 2 aromatic carbocycles. The molecule has 2 aliphatic carbocycles. The molecule has 4 heterocycles. The van der Waals surface area contributed by atoms with Gasteiger partial charge in [-0.05, 0) is 102 Å². The smallest absolute Gasteiger partial charge is 0.224 e. The fourth-order valence-electron chi connectivity index (χ4n) is 7.89. The molecule has 6 aromatic rings. The van der Waals surface area contributed by atoms with Crippen molar-refractivity contribution in [3.8, 4) is 0 Å². The van der Waals surface area contributed by atoms with Crippen molar-refractivity contribution < 1.29 is 0 Å². The van der Waals surface area contributed by atoms with E-state index in [-0.39, 0.29) is 33.7 Å². The van der Waals surface area contributed by atoms with Crippen molar-refractivity contribution in [2.24, 2.45) is 11.8 Å². The number of nitrogens with one attached hydrogen (secondary N) is 8. The lowest BCUT2D eigenvalue weighted by Crippen LogP contribution is -2.31. The number of nitrogens with zero attached hydrogens (tertiary/aromatic N) is 8. The van der Waals surface area contributed by atoms with Crippen molar-refractivity contribution in [3.05, 3.63) is 107 Å². The summed E-state index contributed by atoms with van der Waals surface area (Å²) in [7, 11) is 7.31. The van der Waals surface area contributed by atoms with E-state index in [0.29, 0.717) is 35.9 Å². The molecule has 16 nitrogen and oxygen atoms in total. The Hall–Kier alpha value is -6.58. The van der Waals surface area contributed by atoms with Gasteiger partial charge in [0.1, 0.15) is 23.3 Å². The Labute approximate surface area is 603 Å². The summed E-state index contributed by atoms with van der Waals surface area (Å²) < 4.78 is 0. The molecule has 12 radical (unpaired) electrons. The van der Waals surface area contributed by atoms with Crippen LogP contribution in [0.25, 0.3) is 0 Å². The number of benzene rings is 2. The third-order valence-corrected chi connectivity index (χ3v) is 12.4. The van der Waals surface area contributed by atoms with E-state index < -0.39 is 0 Å². The fraction of sp³-hybridized carbons (Fsp3) is 0.632. The van der Waals surface area contributed by atoms with Gasteiger partial charge in [-0.25, -0.2) is 19.9 Å². The van der Waals surface area contributed by atoms with Crippen LogP contribution in [0.4, 0.5) is 58.4 Å². The number of anilines is 10. The van der Waals surface area contributed by atoms with Gasteiger partial charge in [0.05, 0.1) is 0 Å². The lowest BCUT2D eigenvalue weighted by atomic mass is 9.86. The minimum atomic E-state index is 0. The molecule has 0 amide bonds. The number of aromatic nitrogens is 8. The molecule has 0 saturated heterocycles. The molecule has 8 rings (SSSR count). The summed E-state index contributed by atoms with van der Waals surface area (Å²) >= 11 is 0. The molecule has 2 aliphatic rings. The summed E-state index contributed by atoms with van der Waals surface area (Å²) in [5.74, 6) is 7.68. The van der Waals surface area contributed by atoms with E-state index in [1.54, 1.807) is 12.4 Å². The predicted octanol–water partition coefficient (Wildman–Crippen LogP) is 22.2. The monoisotopic (exact) mass is 1330 g/mol. The van der Waals surface area contributed by atoms with Gasteiger partial charge in [-0.2, -0.15) is 19.9 Å². The van der Waals surface area contributed by atoms with Gasteiger partial charge in [-0.1, -0.05) is 242 Å². The highest BCUT2D eigenvalue weighted by Crippen LogP contribution is 2.29. The molecule has 2 saturated carbocycles. The normalized spacial score (nSPS) is 13.0.